The largest absolute Gasteiger partial charge is 0.477 e. The van der Waals surface area contributed by atoms with Crippen molar-refractivity contribution in [1.82, 2.24) is 4.98 Å². The minimum absolute atomic E-state index is 0.0162. The molecule has 0 saturated carbocycles. The first kappa shape index (κ1) is 13.4. The Balaban J connectivity index is 2.48. The highest BCUT2D eigenvalue weighted by atomic mass is 32.1. The van der Waals surface area contributed by atoms with E-state index in [4.69, 9.17) is 0 Å². The van der Waals surface area contributed by atoms with Gasteiger partial charge < -0.3 is 5.11 Å². The lowest BCUT2D eigenvalue weighted by molar-refractivity contribution is 0.0702. The molecule has 1 aromatic heterocycles. The van der Waals surface area contributed by atoms with Crippen LogP contribution >= 0.6 is 11.3 Å². The third-order valence-electron chi connectivity index (χ3n) is 2.73. The predicted molar refractivity (Wildman–Crippen MR) is 73.9 cm³/mol. The smallest absolute Gasteiger partial charge is 0.348 e. The van der Waals surface area contributed by atoms with E-state index in [-0.39, 0.29) is 10.7 Å². The normalized spacial score (nSPS) is 10.4. The number of carbonyl (C=O) groups excluding carboxylic acids is 1. The molecule has 0 bridgehead atoms. The van der Waals surface area contributed by atoms with E-state index in [1.807, 2.05) is 6.92 Å². The molecule has 2 aromatic rings. The molecule has 0 spiro atoms. The molecule has 98 valence electrons. The Morgan fingerprint density at radius 1 is 1.26 bits per heavy atom. The van der Waals surface area contributed by atoms with Crippen LogP contribution in [0.1, 0.15) is 38.9 Å². The van der Waals surface area contributed by atoms with Crippen molar-refractivity contribution in [3.05, 3.63) is 39.7 Å². The molecular formula is C14H13NO3S. The molecule has 4 nitrogen and oxygen atoms in total. The monoisotopic (exact) mass is 275 g/mol. The number of nitrogens with zero attached hydrogens (tertiary/aromatic N) is 1. The summed E-state index contributed by atoms with van der Waals surface area (Å²) in [6.07, 6.45) is 0.705. The average molecular weight is 275 g/mol. The highest BCUT2D eigenvalue weighted by Gasteiger charge is 2.18. The third kappa shape index (κ3) is 2.71. The number of hydrogen-bond donors (Lipinski definition) is 1. The summed E-state index contributed by atoms with van der Waals surface area (Å²) in [4.78, 5) is 27.0. The van der Waals surface area contributed by atoms with Crippen LogP contribution < -0.4 is 0 Å². The van der Waals surface area contributed by atoms with Crippen molar-refractivity contribution in [2.45, 2.75) is 20.3 Å². The minimum atomic E-state index is -0.970. The number of aromatic nitrogens is 1. The van der Waals surface area contributed by atoms with Gasteiger partial charge in [-0.3, -0.25) is 4.79 Å². The standard InChI is InChI=1S/C14H13NO3S/c1-3-11-15-12(13(19-11)14(17)18)10-6-4-9(5-7-10)8(2)16/h4-7H,3H2,1-2H3,(H,17,18). The summed E-state index contributed by atoms with van der Waals surface area (Å²) >= 11 is 1.20. The second-order valence-corrected chi connectivity index (χ2v) is 5.16. The first-order valence-electron chi connectivity index (χ1n) is 5.87. The second kappa shape index (κ2) is 5.32. The SMILES string of the molecule is CCc1nc(-c2ccc(C(C)=O)cc2)c(C(=O)O)s1. The van der Waals surface area contributed by atoms with Gasteiger partial charge in [0.25, 0.3) is 0 Å². The number of thiazole rings is 1. The van der Waals surface area contributed by atoms with E-state index in [1.165, 1.54) is 18.3 Å². The molecule has 0 fully saturated rings. The summed E-state index contributed by atoms with van der Waals surface area (Å²) < 4.78 is 0. The molecule has 19 heavy (non-hydrogen) atoms. The minimum Gasteiger partial charge on any atom is -0.477 e. The average Bonchev–Trinajstić information content (AvgIpc) is 2.83. The Bertz CT molecular complexity index is 629. The fourth-order valence-corrected chi connectivity index (χ4v) is 2.58. The number of carboxylic acids is 1. The van der Waals surface area contributed by atoms with E-state index in [2.05, 4.69) is 4.98 Å². The van der Waals surface area contributed by atoms with Crippen LogP contribution in [0.3, 0.4) is 0 Å². The van der Waals surface area contributed by atoms with Crippen LogP contribution in [0, 0.1) is 0 Å². The van der Waals surface area contributed by atoms with E-state index in [1.54, 1.807) is 24.3 Å². The van der Waals surface area contributed by atoms with Crippen molar-refractivity contribution in [2.24, 2.45) is 0 Å². The summed E-state index contributed by atoms with van der Waals surface area (Å²) in [6, 6.07) is 6.85. The molecule has 0 amide bonds. The number of rotatable bonds is 4. The first-order valence-corrected chi connectivity index (χ1v) is 6.69. The highest BCUT2D eigenvalue weighted by Crippen LogP contribution is 2.28. The van der Waals surface area contributed by atoms with Crippen LogP contribution in [0.15, 0.2) is 24.3 Å². The van der Waals surface area contributed by atoms with Gasteiger partial charge in [0, 0.05) is 11.1 Å². The third-order valence-corrected chi connectivity index (χ3v) is 3.92. The lowest BCUT2D eigenvalue weighted by atomic mass is 10.1. The summed E-state index contributed by atoms with van der Waals surface area (Å²) in [5, 5.41) is 9.99. The molecule has 0 aliphatic carbocycles. The summed E-state index contributed by atoms with van der Waals surface area (Å²) in [6.45, 7) is 3.43. The van der Waals surface area contributed by atoms with Gasteiger partial charge >= 0.3 is 5.97 Å². The van der Waals surface area contributed by atoms with Gasteiger partial charge in [0.05, 0.1) is 10.7 Å². The quantitative estimate of drug-likeness (QED) is 0.869. The van der Waals surface area contributed by atoms with Crippen LogP contribution in [0.5, 0.6) is 0 Å². The van der Waals surface area contributed by atoms with Gasteiger partial charge in [-0.15, -0.1) is 11.3 Å². The number of hydrogen-bond acceptors (Lipinski definition) is 4. The number of benzene rings is 1. The molecule has 2 rings (SSSR count). The van der Waals surface area contributed by atoms with E-state index >= 15 is 0 Å². The van der Waals surface area contributed by atoms with Crippen molar-refractivity contribution in [3.63, 3.8) is 0 Å². The van der Waals surface area contributed by atoms with Gasteiger partial charge in [0.15, 0.2) is 5.78 Å². The molecular weight excluding hydrogens is 262 g/mol. The first-order chi connectivity index (χ1) is 9.02. The molecule has 0 unspecified atom stereocenters. The number of aromatic carboxylic acids is 1. The summed E-state index contributed by atoms with van der Waals surface area (Å²) in [7, 11) is 0. The van der Waals surface area contributed by atoms with Gasteiger partial charge in [-0.05, 0) is 13.3 Å². The molecule has 0 saturated heterocycles. The van der Waals surface area contributed by atoms with Gasteiger partial charge in [0.1, 0.15) is 4.88 Å². The van der Waals surface area contributed by atoms with E-state index in [0.29, 0.717) is 17.7 Å². The van der Waals surface area contributed by atoms with Gasteiger partial charge in [-0.1, -0.05) is 31.2 Å². The Labute approximate surface area is 114 Å². The molecule has 0 aliphatic heterocycles. The van der Waals surface area contributed by atoms with Crippen molar-refractivity contribution in [2.75, 3.05) is 0 Å². The lowest BCUT2D eigenvalue weighted by Crippen LogP contribution is -1.96. The highest BCUT2D eigenvalue weighted by molar-refractivity contribution is 7.14. The van der Waals surface area contributed by atoms with E-state index in [0.717, 1.165) is 10.6 Å². The molecule has 0 aliphatic rings. The van der Waals surface area contributed by atoms with Crippen molar-refractivity contribution >= 4 is 23.1 Å². The molecule has 1 heterocycles. The van der Waals surface area contributed by atoms with Crippen LogP contribution in [0.4, 0.5) is 0 Å². The zero-order valence-electron chi connectivity index (χ0n) is 10.6. The Morgan fingerprint density at radius 3 is 2.37 bits per heavy atom. The van der Waals surface area contributed by atoms with Crippen LogP contribution in [0.2, 0.25) is 0 Å². The van der Waals surface area contributed by atoms with Gasteiger partial charge in [-0.25, -0.2) is 9.78 Å². The molecule has 5 heteroatoms. The van der Waals surface area contributed by atoms with Crippen LogP contribution in [0.25, 0.3) is 11.3 Å². The zero-order chi connectivity index (χ0) is 14.0. The van der Waals surface area contributed by atoms with Crippen LogP contribution in [-0.4, -0.2) is 21.8 Å². The van der Waals surface area contributed by atoms with Gasteiger partial charge in [0.2, 0.25) is 0 Å². The number of ketones is 1. The number of carboxylic acid groups (broad SMARTS) is 1. The summed E-state index contributed by atoms with van der Waals surface area (Å²) in [5.74, 6) is -0.986. The maximum atomic E-state index is 11.2. The van der Waals surface area contributed by atoms with Crippen molar-refractivity contribution in [1.29, 1.82) is 0 Å². The molecule has 0 atom stereocenters. The predicted octanol–water partition coefficient (Wildman–Crippen LogP) is 3.27. The summed E-state index contributed by atoms with van der Waals surface area (Å²) in [5.41, 5.74) is 1.80. The Kier molecular flexibility index (Phi) is 3.76. The second-order valence-electron chi connectivity index (χ2n) is 4.08. The number of Topliss-reactive ketones (excluding diaryl/α,β-unsaturated/α-hetero) is 1. The van der Waals surface area contributed by atoms with E-state index in [9.17, 15) is 14.7 Å². The maximum Gasteiger partial charge on any atom is 0.348 e. The van der Waals surface area contributed by atoms with Gasteiger partial charge in [-0.2, -0.15) is 0 Å². The van der Waals surface area contributed by atoms with Crippen molar-refractivity contribution < 1.29 is 14.7 Å². The van der Waals surface area contributed by atoms with E-state index < -0.39 is 5.97 Å². The fourth-order valence-electron chi connectivity index (χ4n) is 1.72. The Morgan fingerprint density at radius 2 is 1.89 bits per heavy atom. The zero-order valence-corrected chi connectivity index (χ0v) is 11.5. The molecule has 1 aromatic carbocycles. The Hall–Kier alpha value is -2.01. The number of aryl methyl sites for hydroxylation is 1. The molecule has 1 N–H and O–H groups in total. The topological polar surface area (TPSA) is 67.3 Å². The fraction of sp³-hybridized carbons (Fsp3) is 0.214. The molecule has 0 radical (unpaired) electrons. The van der Waals surface area contributed by atoms with Crippen molar-refractivity contribution in [3.8, 4) is 11.3 Å². The lowest BCUT2D eigenvalue weighted by Gasteiger charge is -2.00. The maximum absolute atomic E-state index is 11.2. The van der Waals surface area contributed by atoms with Crippen LogP contribution in [-0.2, 0) is 6.42 Å². The number of carbonyl (C=O) groups is 2.